The van der Waals surface area contributed by atoms with Crippen molar-refractivity contribution >= 4 is 39.9 Å². The molecule has 35 heavy (non-hydrogen) atoms. The first-order valence-electron chi connectivity index (χ1n) is 11.0. The van der Waals surface area contributed by atoms with E-state index in [0.717, 1.165) is 5.01 Å². The highest BCUT2D eigenvalue weighted by atomic mass is 32.1. The first-order valence-corrected chi connectivity index (χ1v) is 11.8. The average Bonchev–Trinajstić information content (AvgIpc) is 3.21. The molecule has 0 spiro atoms. The fourth-order valence-corrected chi connectivity index (χ4v) is 3.53. The van der Waals surface area contributed by atoms with E-state index in [9.17, 15) is 14.4 Å². The number of nitrogens with zero attached hydrogens (tertiary/aromatic N) is 2. The molecule has 0 fully saturated rings. The summed E-state index contributed by atoms with van der Waals surface area (Å²) in [4.78, 5) is 35.7. The van der Waals surface area contributed by atoms with Crippen LogP contribution in [0.4, 0.5) is 10.8 Å². The van der Waals surface area contributed by atoms with Crippen LogP contribution in [-0.2, 0) is 24.5 Å². The van der Waals surface area contributed by atoms with Gasteiger partial charge >= 0.3 is 5.97 Å². The second-order valence-corrected chi connectivity index (χ2v) is 9.97. The number of carbonyl (C=O) groups excluding carboxylic acids is 3. The topological polar surface area (TPSA) is 120 Å². The zero-order chi connectivity index (χ0) is 25.4. The number of ether oxygens (including phenoxy) is 2. The highest BCUT2D eigenvalue weighted by Gasteiger charge is 2.14. The molecule has 0 saturated heterocycles. The molecule has 0 aliphatic rings. The van der Waals surface area contributed by atoms with Gasteiger partial charge in [0.05, 0.1) is 6.42 Å². The molecule has 0 radical (unpaired) electrons. The Morgan fingerprint density at radius 1 is 0.857 bits per heavy atom. The van der Waals surface area contributed by atoms with Crippen molar-refractivity contribution in [3.05, 3.63) is 59.1 Å². The Balaban J connectivity index is 1.38. The van der Waals surface area contributed by atoms with Crippen LogP contribution in [-0.4, -0.2) is 34.6 Å². The van der Waals surface area contributed by atoms with Crippen LogP contribution in [0.1, 0.15) is 44.2 Å². The van der Waals surface area contributed by atoms with Crippen LogP contribution in [0, 0.1) is 6.92 Å². The minimum atomic E-state index is -0.648. The lowest BCUT2D eigenvalue weighted by Gasteiger charge is -2.19. The van der Waals surface area contributed by atoms with E-state index in [0.29, 0.717) is 22.3 Å². The van der Waals surface area contributed by atoms with Gasteiger partial charge in [-0.2, -0.15) is 0 Å². The van der Waals surface area contributed by atoms with Crippen LogP contribution in [0.3, 0.4) is 0 Å². The van der Waals surface area contributed by atoms with Crippen molar-refractivity contribution in [2.75, 3.05) is 17.2 Å². The Kier molecular flexibility index (Phi) is 8.53. The van der Waals surface area contributed by atoms with Crippen molar-refractivity contribution in [1.29, 1.82) is 0 Å². The molecule has 0 aliphatic carbocycles. The zero-order valence-corrected chi connectivity index (χ0v) is 20.9. The minimum Gasteiger partial charge on any atom is -0.457 e. The number of hydrogen-bond donors (Lipinski definition) is 2. The van der Waals surface area contributed by atoms with Gasteiger partial charge in [0.2, 0.25) is 11.0 Å². The summed E-state index contributed by atoms with van der Waals surface area (Å²) in [7, 11) is 0. The van der Waals surface area contributed by atoms with Gasteiger partial charge in [-0.15, -0.1) is 10.2 Å². The van der Waals surface area contributed by atoms with Crippen molar-refractivity contribution in [3.63, 3.8) is 0 Å². The maximum atomic E-state index is 12.1. The summed E-state index contributed by atoms with van der Waals surface area (Å²) in [6, 6.07) is 14.8. The summed E-state index contributed by atoms with van der Waals surface area (Å²) >= 11 is 1.24. The Morgan fingerprint density at radius 3 is 2.06 bits per heavy atom. The van der Waals surface area contributed by atoms with Crippen molar-refractivity contribution in [2.45, 2.75) is 46.0 Å². The lowest BCUT2D eigenvalue weighted by molar-refractivity contribution is -0.147. The number of amides is 2. The number of rotatable bonds is 9. The van der Waals surface area contributed by atoms with Crippen molar-refractivity contribution in [1.82, 2.24) is 10.2 Å². The van der Waals surface area contributed by atoms with Crippen molar-refractivity contribution in [2.24, 2.45) is 0 Å². The summed E-state index contributed by atoms with van der Waals surface area (Å²) in [5, 5.41) is 13.9. The lowest BCUT2D eigenvalue weighted by Crippen LogP contribution is -2.21. The highest BCUT2D eigenvalue weighted by Crippen LogP contribution is 2.27. The van der Waals surface area contributed by atoms with Gasteiger partial charge in [-0.3, -0.25) is 14.4 Å². The Morgan fingerprint density at radius 2 is 1.49 bits per heavy atom. The largest absolute Gasteiger partial charge is 0.457 e. The predicted molar refractivity (Wildman–Crippen MR) is 134 cm³/mol. The molecule has 0 saturated carbocycles. The molecule has 3 aromatic rings. The molecule has 3 rings (SSSR count). The van der Waals surface area contributed by atoms with E-state index < -0.39 is 18.5 Å². The van der Waals surface area contributed by atoms with Gasteiger partial charge in [0.15, 0.2) is 6.61 Å². The van der Waals surface area contributed by atoms with Crippen LogP contribution < -0.4 is 15.4 Å². The molecule has 0 aliphatic heterocycles. The van der Waals surface area contributed by atoms with Gasteiger partial charge in [-0.1, -0.05) is 44.2 Å². The van der Waals surface area contributed by atoms with Crippen LogP contribution in [0.15, 0.2) is 48.5 Å². The summed E-state index contributed by atoms with van der Waals surface area (Å²) in [6.45, 7) is 7.78. The first-order chi connectivity index (χ1) is 16.6. The highest BCUT2D eigenvalue weighted by molar-refractivity contribution is 7.15. The van der Waals surface area contributed by atoms with E-state index in [1.165, 1.54) is 16.9 Å². The minimum absolute atomic E-state index is 0.0699. The van der Waals surface area contributed by atoms with Crippen LogP contribution in [0.5, 0.6) is 11.5 Å². The Hall–Kier alpha value is -3.79. The molecular formula is C25H28N4O5S. The van der Waals surface area contributed by atoms with E-state index >= 15 is 0 Å². The SMILES string of the molecule is Cc1nnc(NC(=O)CCC(=O)OCC(=O)Nc2ccc(Oc3ccc(C(C)(C)C)cc3)cc2)s1. The van der Waals surface area contributed by atoms with E-state index in [1.807, 2.05) is 24.3 Å². The van der Waals surface area contributed by atoms with E-state index in [2.05, 4.69) is 41.6 Å². The number of aromatic nitrogens is 2. The second-order valence-electron chi connectivity index (χ2n) is 8.78. The normalized spacial score (nSPS) is 11.0. The zero-order valence-electron chi connectivity index (χ0n) is 20.1. The predicted octanol–water partition coefficient (Wildman–Crippen LogP) is 4.84. The number of nitrogens with one attached hydrogen (secondary N) is 2. The Bertz CT molecular complexity index is 1170. The molecule has 184 valence electrons. The van der Waals surface area contributed by atoms with Gasteiger partial charge < -0.3 is 20.1 Å². The number of benzene rings is 2. The van der Waals surface area contributed by atoms with Gasteiger partial charge in [-0.05, 0) is 54.3 Å². The molecule has 10 heteroatoms. The maximum Gasteiger partial charge on any atom is 0.306 e. The van der Waals surface area contributed by atoms with Gasteiger partial charge in [0.25, 0.3) is 5.91 Å². The third kappa shape index (κ3) is 8.49. The molecule has 0 atom stereocenters. The third-order valence-electron chi connectivity index (χ3n) is 4.79. The molecule has 9 nitrogen and oxygen atoms in total. The fraction of sp³-hybridized carbons (Fsp3) is 0.320. The molecule has 0 bridgehead atoms. The lowest BCUT2D eigenvalue weighted by atomic mass is 9.87. The number of anilines is 2. The van der Waals surface area contributed by atoms with Crippen LogP contribution >= 0.6 is 11.3 Å². The van der Waals surface area contributed by atoms with E-state index in [4.69, 9.17) is 9.47 Å². The number of esters is 1. The smallest absolute Gasteiger partial charge is 0.306 e. The number of carbonyl (C=O) groups is 3. The van der Waals surface area contributed by atoms with Crippen LogP contribution in [0.2, 0.25) is 0 Å². The van der Waals surface area contributed by atoms with Gasteiger partial charge in [0.1, 0.15) is 16.5 Å². The average molecular weight is 497 g/mol. The van der Waals surface area contributed by atoms with Gasteiger partial charge in [-0.25, -0.2) is 0 Å². The Labute approximate surface area is 207 Å². The monoisotopic (exact) mass is 496 g/mol. The van der Waals surface area contributed by atoms with E-state index in [1.54, 1.807) is 31.2 Å². The first kappa shape index (κ1) is 25.8. The molecule has 0 unspecified atom stereocenters. The molecular weight excluding hydrogens is 468 g/mol. The summed E-state index contributed by atoms with van der Waals surface area (Å²) in [5.74, 6) is -0.174. The number of aryl methyl sites for hydroxylation is 1. The second kappa shape index (κ2) is 11.6. The standard InChI is InChI=1S/C25H28N4O5S/c1-16-28-29-24(35-16)27-21(30)13-14-23(32)33-15-22(31)26-18-7-11-20(12-8-18)34-19-9-5-17(6-10-19)25(2,3)4/h5-12H,13-15H2,1-4H3,(H,26,31)(H,27,29,30). The molecule has 1 aromatic heterocycles. The third-order valence-corrected chi connectivity index (χ3v) is 5.54. The maximum absolute atomic E-state index is 12.1. The summed E-state index contributed by atoms with van der Waals surface area (Å²) in [5.41, 5.74) is 1.82. The summed E-state index contributed by atoms with van der Waals surface area (Å²) < 4.78 is 10.8. The molecule has 1 heterocycles. The van der Waals surface area contributed by atoms with Crippen molar-refractivity contribution < 1.29 is 23.9 Å². The van der Waals surface area contributed by atoms with Crippen molar-refractivity contribution in [3.8, 4) is 11.5 Å². The van der Waals surface area contributed by atoms with E-state index in [-0.39, 0.29) is 24.2 Å². The number of hydrogen-bond acceptors (Lipinski definition) is 8. The van der Waals surface area contributed by atoms with Gasteiger partial charge in [0, 0.05) is 12.1 Å². The quantitative estimate of drug-likeness (QED) is 0.407. The molecule has 2 aromatic carbocycles. The summed E-state index contributed by atoms with van der Waals surface area (Å²) in [6.07, 6.45) is -0.237. The molecule has 2 N–H and O–H groups in total. The van der Waals surface area contributed by atoms with Crippen LogP contribution in [0.25, 0.3) is 0 Å². The molecule has 2 amide bonds. The fourth-order valence-electron chi connectivity index (χ4n) is 2.93.